The number of carbonyl (C=O) groups is 1. The summed E-state index contributed by atoms with van der Waals surface area (Å²) in [6, 6.07) is 14.3. The van der Waals surface area contributed by atoms with Gasteiger partial charge in [-0.2, -0.15) is 0 Å². The summed E-state index contributed by atoms with van der Waals surface area (Å²) in [4.78, 5) is 14.3. The number of benzene rings is 2. The maximum Gasteiger partial charge on any atom is 0.234 e. The van der Waals surface area contributed by atoms with Crippen LogP contribution < -0.4 is 11.1 Å². The molecule has 0 bridgehead atoms. The minimum atomic E-state index is -0.146. The van der Waals surface area contributed by atoms with E-state index in [-0.39, 0.29) is 36.8 Å². The highest BCUT2D eigenvalue weighted by molar-refractivity contribution is 5.86. The molecule has 0 heterocycles. The second-order valence-electron chi connectivity index (χ2n) is 5.42. The van der Waals surface area contributed by atoms with Crippen molar-refractivity contribution >= 4 is 41.5 Å². The van der Waals surface area contributed by atoms with Gasteiger partial charge in [-0.1, -0.05) is 50.2 Å². The van der Waals surface area contributed by atoms with Crippen molar-refractivity contribution in [3.05, 3.63) is 48.0 Å². The highest BCUT2D eigenvalue weighted by Crippen LogP contribution is 2.20. The highest BCUT2D eigenvalue weighted by atomic mass is 35.5. The Kier molecular flexibility index (Phi) is 10.6. The third-order valence-corrected chi connectivity index (χ3v) is 4.01. The summed E-state index contributed by atoms with van der Waals surface area (Å²) in [5.41, 5.74) is 6.91. The Labute approximate surface area is 156 Å². The third-order valence-electron chi connectivity index (χ3n) is 4.01. The summed E-state index contributed by atoms with van der Waals surface area (Å²) in [5, 5.41) is 5.40. The van der Waals surface area contributed by atoms with E-state index in [1.165, 1.54) is 5.39 Å². The van der Waals surface area contributed by atoms with Gasteiger partial charge in [0.2, 0.25) is 5.91 Å². The molecular formula is C18H27Cl2N3O. The summed E-state index contributed by atoms with van der Waals surface area (Å²) >= 11 is 0. The van der Waals surface area contributed by atoms with Crippen molar-refractivity contribution in [3.8, 4) is 0 Å². The average molecular weight is 372 g/mol. The van der Waals surface area contributed by atoms with E-state index in [4.69, 9.17) is 5.73 Å². The lowest BCUT2D eigenvalue weighted by molar-refractivity contribution is -0.122. The van der Waals surface area contributed by atoms with Gasteiger partial charge < -0.3 is 11.1 Å². The molecule has 0 aromatic heterocycles. The van der Waals surface area contributed by atoms with Crippen molar-refractivity contribution in [1.82, 2.24) is 10.2 Å². The first-order chi connectivity index (χ1) is 10.7. The van der Waals surface area contributed by atoms with E-state index in [1.54, 1.807) is 0 Å². The van der Waals surface area contributed by atoms with E-state index in [0.29, 0.717) is 13.1 Å². The van der Waals surface area contributed by atoms with Crippen LogP contribution in [0.5, 0.6) is 0 Å². The SMILES string of the molecule is CCN(CC)CC(=O)NC(CN)c1ccc2ccccc2c1.Cl.Cl. The van der Waals surface area contributed by atoms with Gasteiger partial charge in [-0.25, -0.2) is 0 Å². The van der Waals surface area contributed by atoms with Crippen molar-refractivity contribution in [3.63, 3.8) is 0 Å². The first kappa shape index (κ1) is 22.7. The quantitative estimate of drug-likeness (QED) is 0.785. The number of likely N-dealkylation sites (N-methyl/N-ethyl adjacent to an activating group) is 1. The number of hydrogen-bond donors (Lipinski definition) is 2. The Bertz CT molecular complexity index is 632. The second-order valence-corrected chi connectivity index (χ2v) is 5.42. The fourth-order valence-corrected chi connectivity index (χ4v) is 2.59. The van der Waals surface area contributed by atoms with Crippen LogP contribution in [0.4, 0.5) is 0 Å². The van der Waals surface area contributed by atoms with Gasteiger partial charge >= 0.3 is 0 Å². The molecule has 0 aliphatic heterocycles. The summed E-state index contributed by atoms with van der Waals surface area (Å²) < 4.78 is 0. The predicted octanol–water partition coefficient (Wildman–Crippen LogP) is 3.14. The molecule has 0 saturated carbocycles. The number of carbonyl (C=O) groups excluding carboxylic acids is 1. The zero-order valence-corrected chi connectivity index (χ0v) is 15.8. The molecular weight excluding hydrogens is 345 g/mol. The van der Waals surface area contributed by atoms with E-state index < -0.39 is 0 Å². The largest absolute Gasteiger partial charge is 0.347 e. The molecule has 134 valence electrons. The number of nitrogens with zero attached hydrogens (tertiary/aromatic N) is 1. The number of nitrogens with two attached hydrogens (primary N) is 1. The molecule has 0 spiro atoms. The first-order valence-corrected chi connectivity index (χ1v) is 7.88. The fraction of sp³-hybridized carbons (Fsp3) is 0.389. The second kappa shape index (κ2) is 11.3. The molecule has 6 heteroatoms. The van der Waals surface area contributed by atoms with Gasteiger partial charge in [-0.15, -0.1) is 24.8 Å². The molecule has 2 aromatic rings. The van der Waals surface area contributed by atoms with Crippen LogP contribution in [0, 0.1) is 0 Å². The number of hydrogen-bond acceptors (Lipinski definition) is 3. The average Bonchev–Trinajstić information content (AvgIpc) is 2.57. The number of nitrogens with one attached hydrogen (secondary N) is 1. The molecule has 1 unspecified atom stereocenters. The van der Waals surface area contributed by atoms with Gasteiger partial charge in [-0.05, 0) is 35.5 Å². The molecule has 2 aromatic carbocycles. The molecule has 3 N–H and O–H groups in total. The van der Waals surface area contributed by atoms with Crippen LogP contribution in [0.1, 0.15) is 25.5 Å². The fourth-order valence-electron chi connectivity index (χ4n) is 2.59. The van der Waals surface area contributed by atoms with Gasteiger partial charge in [0.25, 0.3) is 0 Å². The van der Waals surface area contributed by atoms with Gasteiger partial charge in [0.15, 0.2) is 0 Å². The Hall–Kier alpha value is -1.33. The van der Waals surface area contributed by atoms with Gasteiger partial charge in [0.1, 0.15) is 0 Å². The lowest BCUT2D eigenvalue weighted by atomic mass is 10.0. The highest BCUT2D eigenvalue weighted by Gasteiger charge is 2.15. The number of rotatable bonds is 7. The lowest BCUT2D eigenvalue weighted by Crippen LogP contribution is -2.40. The summed E-state index contributed by atoms with van der Waals surface area (Å²) in [7, 11) is 0. The molecule has 0 aliphatic rings. The van der Waals surface area contributed by atoms with Crippen LogP contribution in [0.3, 0.4) is 0 Å². The van der Waals surface area contributed by atoms with Crippen LogP contribution in [-0.2, 0) is 4.79 Å². The van der Waals surface area contributed by atoms with Gasteiger partial charge in [0.05, 0.1) is 12.6 Å². The molecule has 0 radical (unpaired) electrons. The van der Waals surface area contributed by atoms with Crippen molar-refractivity contribution in [2.24, 2.45) is 5.73 Å². The Morgan fingerprint density at radius 2 is 1.71 bits per heavy atom. The Morgan fingerprint density at radius 1 is 1.08 bits per heavy atom. The van der Waals surface area contributed by atoms with Crippen LogP contribution >= 0.6 is 24.8 Å². The number of fused-ring (bicyclic) bond motifs is 1. The number of halogens is 2. The van der Waals surface area contributed by atoms with Crippen LogP contribution in [0.2, 0.25) is 0 Å². The van der Waals surface area contributed by atoms with Crippen molar-refractivity contribution in [2.75, 3.05) is 26.2 Å². The van der Waals surface area contributed by atoms with E-state index >= 15 is 0 Å². The summed E-state index contributed by atoms with van der Waals surface area (Å²) in [6.45, 7) is 6.65. The lowest BCUT2D eigenvalue weighted by Gasteiger charge is -2.21. The van der Waals surface area contributed by atoms with Crippen molar-refractivity contribution in [2.45, 2.75) is 19.9 Å². The maximum atomic E-state index is 12.2. The zero-order valence-electron chi connectivity index (χ0n) is 14.2. The first-order valence-electron chi connectivity index (χ1n) is 7.88. The van der Waals surface area contributed by atoms with E-state index in [2.05, 4.69) is 48.3 Å². The van der Waals surface area contributed by atoms with Gasteiger partial charge in [-0.3, -0.25) is 9.69 Å². The van der Waals surface area contributed by atoms with Crippen LogP contribution in [0.15, 0.2) is 42.5 Å². The molecule has 24 heavy (non-hydrogen) atoms. The zero-order chi connectivity index (χ0) is 15.9. The molecule has 2 rings (SSSR count). The number of amides is 1. The molecule has 0 fully saturated rings. The Balaban J connectivity index is 0.00000264. The minimum absolute atomic E-state index is 0. The summed E-state index contributed by atoms with van der Waals surface area (Å²) in [5.74, 6) is 0.0207. The van der Waals surface area contributed by atoms with Crippen LogP contribution in [0.25, 0.3) is 10.8 Å². The molecule has 1 atom stereocenters. The summed E-state index contributed by atoms with van der Waals surface area (Å²) in [6.07, 6.45) is 0. The van der Waals surface area contributed by atoms with E-state index in [0.717, 1.165) is 24.0 Å². The topological polar surface area (TPSA) is 58.4 Å². The molecule has 4 nitrogen and oxygen atoms in total. The minimum Gasteiger partial charge on any atom is -0.347 e. The van der Waals surface area contributed by atoms with Crippen molar-refractivity contribution in [1.29, 1.82) is 0 Å². The van der Waals surface area contributed by atoms with Gasteiger partial charge in [0, 0.05) is 6.54 Å². The molecule has 1 amide bonds. The molecule has 0 aliphatic carbocycles. The van der Waals surface area contributed by atoms with Crippen LogP contribution in [-0.4, -0.2) is 37.0 Å². The normalized spacial score (nSPS) is 11.5. The Morgan fingerprint density at radius 3 is 2.29 bits per heavy atom. The van der Waals surface area contributed by atoms with Crippen molar-refractivity contribution < 1.29 is 4.79 Å². The third kappa shape index (κ3) is 5.95. The smallest absolute Gasteiger partial charge is 0.234 e. The standard InChI is InChI=1S/C18H25N3O.2ClH/c1-3-21(4-2)13-18(22)20-17(12-19)16-10-9-14-7-5-6-8-15(14)11-16;;/h5-11,17H,3-4,12-13,19H2,1-2H3,(H,20,22);2*1H. The maximum absolute atomic E-state index is 12.2. The predicted molar refractivity (Wildman–Crippen MR) is 106 cm³/mol. The van der Waals surface area contributed by atoms with E-state index in [9.17, 15) is 4.79 Å². The molecule has 0 saturated heterocycles. The van der Waals surface area contributed by atoms with E-state index in [1.807, 2.05) is 18.2 Å². The monoisotopic (exact) mass is 371 g/mol.